The van der Waals surface area contributed by atoms with Crippen molar-refractivity contribution in [1.29, 1.82) is 0 Å². The van der Waals surface area contributed by atoms with Crippen LogP contribution in [0, 0.1) is 6.92 Å². The molecule has 25 heavy (non-hydrogen) atoms. The molecule has 2 aromatic rings. The Balaban J connectivity index is -0.000000298. The first kappa shape index (κ1) is 27.2. The van der Waals surface area contributed by atoms with E-state index in [1.165, 1.54) is 5.56 Å². The van der Waals surface area contributed by atoms with Crippen LogP contribution in [0.1, 0.15) is 45.2 Å². The van der Waals surface area contributed by atoms with Gasteiger partial charge in [0.1, 0.15) is 0 Å². The molecule has 0 fully saturated rings. The van der Waals surface area contributed by atoms with Crippen molar-refractivity contribution in [2.45, 2.75) is 47.5 Å². The van der Waals surface area contributed by atoms with Crippen molar-refractivity contribution in [2.75, 3.05) is 0 Å². The lowest BCUT2D eigenvalue weighted by molar-refractivity contribution is -0.137. The molecule has 2 rings (SSSR count). The predicted molar refractivity (Wildman–Crippen MR) is 107 cm³/mol. The van der Waals surface area contributed by atoms with Crippen LogP contribution in [-0.2, 0) is 16.0 Å². The lowest BCUT2D eigenvalue weighted by Crippen LogP contribution is -1.96. The van der Waals surface area contributed by atoms with E-state index < -0.39 is 5.97 Å². The fraction of sp³-hybridized carbons (Fsp3) is 0.333. The lowest BCUT2D eigenvalue weighted by atomic mass is 10.1. The highest BCUT2D eigenvalue weighted by molar-refractivity contribution is 5.67. The van der Waals surface area contributed by atoms with E-state index in [0.29, 0.717) is 6.42 Å². The van der Waals surface area contributed by atoms with Gasteiger partial charge in [-0.25, -0.2) is 0 Å². The smallest absolute Gasteiger partial charge is 0.303 e. The molecule has 0 aliphatic heterocycles. The Morgan fingerprint density at radius 2 is 1.28 bits per heavy atom. The van der Waals surface area contributed by atoms with Crippen LogP contribution < -0.4 is 5.73 Å². The Kier molecular flexibility index (Phi) is 25.8. The van der Waals surface area contributed by atoms with Crippen LogP contribution in [0.4, 0.5) is 0 Å². The van der Waals surface area contributed by atoms with E-state index in [9.17, 15) is 4.79 Å². The van der Waals surface area contributed by atoms with Crippen molar-refractivity contribution in [3.63, 3.8) is 0 Å². The van der Waals surface area contributed by atoms with Gasteiger partial charge in [0.2, 0.25) is 6.41 Å². The van der Waals surface area contributed by atoms with Crippen molar-refractivity contribution in [1.82, 2.24) is 0 Å². The van der Waals surface area contributed by atoms with Gasteiger partial charge in [0.15, 0.2) is 0 Å². The second-order valence-corrected chi connectivity index (χ2v) is 4.17. The zero-order valence-corrected chi connectivity index (χ0v) is 16.1. The summed E-state index contributed by atoms with van der Waals surface area (Å²) in [5, 5.41) is 8.37. The van der Waals surface area contributed by atoms with Crippen molar-refractivity contribution < 1.29 is 14.7 Å². The molecule has 0 aromatic heterocycles. The molecule has 1 amide bonds. The second-order valence-electron chi connectivity index (χ2n) is 4.17. The van der Waals surface area contributed by atoms with Crippen LogP contribution in [0.5, 0.6) is 0 Å². The third-order valence-corrected chi connectivity index (χ3v) is 2.41. The highest BCUT2D eigenvalue weighted by atomic mass is 16.4. The van der Waals surface area contributed by atoms with Gasteiger partial charge in [-0.3, -0.25) is 9.59 Å². The molecule has 4 nitrogen and oxygen atoms in total. The molecule has 4 heteroatoms. The molecule has 0 radical (unpaired) electrons. The topological polar surface area (TPSA) is 80.4 Å². The van der Waals surface area contributed by atoms with Crippen molar-refractivity contribution in [3.05, 3.63) is 71.8 Å². The Morgan fingerprint density at radius 3 is 1.56 bits per heavy atom. The molecule has 0 spiro atoms. The summed E-state index contributed by atoms with van der Waals surface area (Å²) < 4.78 is 0. The minimum Gasteiger partial charge on any atom is -0.481 e. The van der Waals surface area contributed by atoms with Gasteiger partial charge in [-0.2, -0.15) is 0 Å². The third-order valence-electron chi connectivity index (χ3n) is 2.41. The molecule has 3 N–H and O–H groups in total. The number of primary amides is 1. The maximum Gasteiger partial charge on any atom is 0.303 e. The number of hydrogen-bond acceptors (Lipinski definition) is 2. The van der Waals surface area contributed by atoms with E-state index in [0.717, 1.165) is 5.56 Å². The zero-order chi connectivity index (χ0) is 19.9. The van der Waals surface area contributed by atoms with Crippen molar-refractivity contribution >= 4 is 12.4 Å². The lowest BCUT2D eigenvalue weighted by Gasteiger charge is -1.95. The number of hydrogen-bond donors (Lipinski definition) is 2. The van der Waals surface area contributed by atoms with Gasteiger partial charge in [-0.05, 0) is 18.9 Å². The first-order valence-corrected chi connectivity index (χ1v) is 8.53. The average molecular weight is 347 g/mol. The molecule has 0 unspecified atom stereocenters. The first-order chi connectivity index (χ1) is 12.1. The molecule has 0 bridgehead atoms. The van der Waals surface area contributed by atoms with Gasteiger partial charge in [0.25, 0.3) is 0 Å². The second kappa shape index (κ2) is 23.6. The van der Waals surface area contributed by atoms with E-state index in [1.54, 1.807) is 0 Å². The van der Waals surface area contributed by atoms with E-state index in [1.807, 2.05) is 76.2 Å². The van der Waals surface area contributed by atoms with Gasteiger partial charge < -0.3 is 10.8 Å². The number of rotatable bonds is 3. The summed E-state index contributed by atoms with van der Waals surface area (Å²) >= 11 is 0. The Labute approximate surface area is 152 Å². The maximum absolute atomic E-state index is 10.2. The summed E-state index contributed by atoms with van der Waals surface area (Å²) in [6.07, 6.45) is 1.08. The van der Waals surface area contributed by atoms with Crippen molar-refractivity contribution in [3.8, 4) is 0 Å². The number of nitrogens with two attached hydrogens (primary N) is 1. The fourth-order valence-corrected chi connectivity index (χ4v) is 1.43. The van der Waals surface area contributed by atoms with Gasteiger partial charge >= 0.3 is 5.97 Å². The summed E-state index contributed by atoms with van der Waals surface area (Å²) in [6, 6.07) is 19.9. The number of carbonyl (C=O) groups excluding carboxylic acids is 1. The molecular weight excluding hydrogens is 314 g/mol. The normalized spacial score (nSPS) is 7.56. The summed E-state index contributed by atoms with van der Waals surface area (Å²) in [5.74, 6) is -0.742. The number of benzene rings is 2. The molecule has 0 aliphatic carbocycles. The fourth-order valence-electron chi connectivity index (χ4n) is 1.43. The summed E-state index contributed by atoms with van der Waals surface area (Å²) in [6.45, 7) is 10.1. The van der Waals surface area contributed by atoms with E-state index >= 15 is 0 Å². The summed E-state index contributed by atoms with van der Waals surface area (Å²) in [7, 11) is 0. The average Bonchev–Trinajstić information content (AvgIpc) is 2.66. The molecule has 140 valence electrons. The Bertz CT molecular complexity index is 499. The number of carboxylic acid groups (broad SMARTS) is 1. The Morgan fingerprint density at radius 1 is 0.920 bits per heavy atom. The Hall–Kier alpha value is -2.62. The van der Waals surface area contributed by atoms with Crippen LogP contribution in [0.2, 0.25) is 0 Å². The summed E-state index contributed by atoms with van der Waals surface area (Å²) in [4.78, 5) is 18.8. The zero-order valence-electron chi connectivity index (χ0n) is 16.1. The first-order valence-electron chi connectivity index (χ1n) is 8.53. The largest absolute Gasteiger partial charge is 0.481 e. The van der Waals surface area contributed by atoms with E-state index in [-0.39, 0.29) is 12.8 Å². The number of carboxylic acids is 1. The van der Waals surface area contributed by atoms with Crippen LogP contribution >= 0.6 is 0 Å². The molecule has 0 aliphatic rings. The molecular formula is C21H33NO3. The van der Waals surface area contributed by atoms with Gasteiger partial charge in [0, 0.05) is 6.42 Å². The van der Waals surface area contributed by atoms with E-state index in [2.05, 4.69) is 24.8 Å². The van der Waals surface area contributed by atoms with E-state index in [4.69, 9.17) is 9.90 Å². The molecule has 0 saturated heterocycles. The van der Waals surface area contributed by atoms with Crippen LogP contribution in [0.3, 0.4) is 0 Å². The highest BCUT2D eigenvalue weighted by Gasteiger charge is 1.96. The van der Waals surface area contributed by atoms with Crippen molar-refractivity contribution in [2.24, 2.45) is 5.73 Å². The summed E-state index contributed by atoms with van der Waals surface area (Å²) in [5.41, 5.74) is 6.57. The number of aliphatic carboxylic acids is 1. The minimum atomic E-state index is -0.742. The minimum absolute atomic E-state index is 0.212. The van der Waals surface area contributed by atoms with Crippen LogP contribution in [0.25, 0.3) is 0 Å². The number of amides is 1. The molecule has 2 aromatic carbocycles. The highest BCUT2D eigenvalue weighted by Crippen LogP contribution is 2.01. The number of aryl methyl sites for hydroxylation is 2. The molecule has 0 heterocycles. The third kappa shape index (κ3) is 23.8. The van der Waals surface area contributed by atoms with Gasteiger partial charge in [-0.15, -0.1) is 0 Å². The van der Waals surface area contributed by atoms with Gasteiger partial charge in [0.05, 0.1) is 0 Å². The molecule has 0 atom stereocenters. The monoisotopic (exact) mass is 347 g/mol. The number of carbonyl (C=O) groups is 2. The van der Waals surface area contributed by atoms with Gasteiger partial charge in [-0.1, -0.05) is 93.9 Å². The quantitative estimate of drug-likeness (QED) is 0.779. The standard InChI is InChI=1S/C9H10O2.C7H8.2C2H6.CH3NO/c10-9(11)7-6-8-4-2-1-3-5-8;1-7-5-3-2-4-6-7;2*1-2;2-1-3/h1-5H,6-7H2,(H,10,11);2-6H,1H3;2*1-2H3;1H,(H2,2,3). The SMILES string of the molecule is CC.CC.Cc1ccccc1.NC=O.O=C(O)CCc1ccccc1. The van der Waals surface area contributed by atoms with Crippen LogP contribution in [0.15, 0.2) is 60.7 Å². The predicted octanol–water partition coefficient (Wildman–Crippen LogP) is 4.85. The van der Waals surface area contributed by atoms with Crippen LogP contribution in [-0.4, -0.2) is 17.5 Å². The molecule has 0 saturated carbocycles. The maximum atomic E-state index is 10.2.